The van der Waals surface area contributed by atoms with Crippen LogP contribution in [0.1, 0.15) is 41.7 Å². The minimum atomic E-state index is -1.25. The smallest absolute Gasteiger partial charge is 0.131 e. The summed E-state index contributed by atoms with van der Waals surface area (Å²) in [5.74, 6) is 0.399. The van der Waals surface area contributed by atoms with Gasteiger partial charge in [-0.25, -0.2) is 4.21 Å². The molecule has 0 N–H and O–H groups in total. The molecule has 0 radical (unpaired) electrons. The molecule has 31 heavy (non-hydrogen) atoms. The second-order valence-electron chi connectivity index (χ2n) is 8.99. The SMILES string of the molecule is Cc1ccc(S(=O)N(CC(C)C)P(c2cc(C)cc(C)c2)c2cc(C)cc(C)c2)cc1. The van der Waals surface area contributed by atoms with Crippen LogP contribution in [0.2, 0.25) is 0 Å². The molecule has 3 rings (SSSR count). The molecule has 0 aliphatic heterocycles. The van der Waals surface area contributed by atoms with Gasteiger partial charge in [-0.3, -0.25) is 0 Å². The monoisotopic (exact) mass is 451 g/mol. The highest BCUT2D eigenvalue weighted by molar-refractivity contribution is 7.92. The Morgan fingerprint density at radius 3 is 1.52 bits per heavy atom. The van der Waals surface area contributed by atoms with Gasteiger partial charge in [0.25, 0.3) is 0 Å². The molecule has 4 heteroatoms. The summed E-state index contributed by atoms with van der Waals surface area (Å²) in [6.07, 6.45) is 0. The van der Waals surface area contributed by atoms with Crippen LogP contribution < -0.4 is 10.6 Å². The molecular weight excluding hydrogens is 417 g/mol. The molecule has 0 saturated heterocycles. The van der Waals surface area contributed by atoms with E-state index >= 15 is 0 Å². The number of nitrogens with zero attached hydrogens (tertiary/aromatic N) is 1. The number of hydrogen-bond acceptors (Lipinski definition) is 1. The largest absolute Gasteiger partial charge is 0.237 e. The van der Waals surface area contributed by atoms with Crippen molar-refractivity contribution in [1.29, 1.82) is 0 Å². The average Bonchev–Trinajstić information content (AvgIpc) is 2.66. The minimum absolute atomic E-state index is 0.399. The Hall–Kier alpha value is -1.80. The van der Waals surface area contributed by atoms with Gasteiger partial charge in [0.05, 0.1) is 4.90 Å². The summed E-state index contributed by atoms with van der Waals surface area (Å²) < 4.78 is 16.2. The van der Waals surface area contributed by atoms with Gasteiger partial charge in [-0.05, 0) is 87.5 Å². The zero-order valence-electron chi connectivity index (χ0n) is 19.8. The van der Waals surface area contributed by atoms with E-state index in [1.54, 1.807) is 0 Å². The number of rotatable bonds is 7. The molecule has 0 aliphatic carbocycles. The molecule has 0 saturated carbocycles. The van der Waals surface area contributed by atoms with Crippen molar-refractivity contribution in [2.24, 2.45) is 5.92 Å². The van der Waals surface area contributed by atoms with Gasteiger partial charge in [-0.1, -0.05) is 65.9 Å². The van der Waals surface area contributed by atoms with Crippen molar-refractivity contribution in [2.45, 2.75) is 53.4 Å². The quantitative estimate of drug-likeness (QED) is 0.389. The van der Waals surface area contributed by atoms with Crippen molar-refractivity contribution in [3.63, 3.8) is 0 Å². The van der Waals surface area contributed by atoms with Crippen molar-refractivity contribution < 1.29 is 4.21 Å². The van der Waals surface area contributed by atoms with Crippen LogP contribution in [0.15, 0.2) is 65.6 Å². The molecule has 0 aliphatic rings. The van der Waals surface area contributed by atoms with Crippen LogP contribution in [-0.2, 0) is 11.0 Å². The lowest BCUT2D eigenvalue weighted by Crippen LogP contribution is -2.33. The van der Waals surface area contributed by atoms with Gasteiger partial charge in [0.15, 0.2) is 0 Å². The molecule has 2 nitrogen and oxygen atoms in total. The Morgan fingerprint density at radius 2 is 1.13 bits per heavy atom. The summed E-state index contributed by atoms with van der Waals surface area (Å²) in [4.78, 5) is 0.868. The highest BCUT2D eigenvalue weighted by Gasteiger charge is 2.29. The minimum Gasteiger partial charge on any atom is -0.237 e. The zero-order valence-corrected chi connectivity index (χ0v) is 21.5. The molecule has 0 aromatic heterocycles. The van der Waals surface area contributed by atoms with Crippen LogP contribution >= 0.6 is 8.07 Å². The lowest BCUT2D eigenvalue weighted by Gasteiger charge is -2.33. The van der Waals surface area contributed by atoms with Crippen molar-refractivity contribution in [1.82, 2.24) is 4.08 Å². The Balaban J connectivity index is 2.21. The van der Waals surface area contributed by atoms with E-state index in [0.717, 1.165) is 11.4 Å². The first kappa shape index (κ1) is 23.9. The molecule has 3 aromatic carbocycles. The second-order valence-corrected chi connectivity index (χ2v) is 12.8. The summed E-state index contributed by atoms with van der Waals surface area (Å²) in [6, 6.07) is 21.6. The van der Waals surface area contributed by atoms with E-state index in [-0.39, 0.29) is 0 Å². The Kier molecular flexibility index (Phi) is 7.86. The van der Waals surface area contributed by atoms with Crippen molar-refractivity contribution in [3.05, 3.63) is 88.5 Å². The fraction of sp³-hybridized carbons (Fsp3) is 0.333. The predicted molar refractivity (Wildman–Crippen MR) is 137 cm³/mol. The molecule has 1 atom stereocenters. The van der Waals surface area contributed by atoms with E-state index in [0.29, 0.717) is 5.92 Å². The molecular formula is C27H34NOPS. The first-order valence-electron chi connectivity index (χ1n) is 10.9. The highest BCUT2D eigenvalue weighted by Crippen LogP contribution is 2.42. The standard InChI is InChI=1S/C27H34NOPS/c1-19(2)18-28(31(29)27-10-8-20(3)9-11-27)30(25-14-21(4)12-22(5)15-25)26-16-23(6)13-24(7)17-26/h8-17,19H,18H2,1-7H3. The van der Waals surface area contributed by atoms with Crippen molar-refractivity contribution >= 4 is 29.7 Å². The van der Waals surface area contributed by atoms with Crippen molar-refractivity contribution in [3.8, 4) is 0 Å². The zero-order chi connectivity index (χ0) is 22.7. The van der Waals surface area contributed by atoms with Gasteiger partial charge in [0.1, 0.15) is 11.0 Å². The molecule has 0 amide bonds. The maximum absolute atomic E-state index is 14.0. The van der Waals surface area contributed by atoms with E-state index in [1.807, 2.05) is 12.1 Å². The summed E-state index contributed by atoms with van der Waals surface area (Å²) in [7, 11) is -2.19. The van der Waals surface area contributed by atoms with Gasteiger partial charge in [0.2, 0.25) is 0 Å². The normalized spacial score (nSPS) is 12.7. The van der Waals surface area contributed by atoms with Crippen LogP contribution in [-0.4, -0.2) is 14.8 Å². The number of benzene rings is 3. The summed E-state index contributed by atoms with van der Waals surface area (Å²) in [6.45, 7) is 15.8. The van der Waals surface area contributed by atoms with Gasteiger partial charge < -0.3 is 0 Å². The van der Waals surface area contributed by atoms with Gasteiger partial charge in [0, 0.05) is 14.6 Å². The maximum Gasteiger partial charge on any atom is 0.131 e. The second kappa shape index (κ2) is 10.2. The topological polar surface area (TPSA) is 20.3 Å². The van der Waals surface area contributed by atoms with Crippen LogP contribution in [0, 0.1) is 40.5 Å². The summed E-state index contributed by atoms with van der Waals surface area (Å²) in [5, 5.41) is 2.53. The van der Waals surface area contributed by atoms with E-state index in [9.17, 15) is 4.21 Å². The molecule has 0 bridgehead atoms. The summed E-state index contributed by atoms with van der Waals surface area (Å²) >= 11 is 0. The third kappa shape index (κ3) is 6.13. The highest BCUT2D eigenvalue weighted by atomic mass is 32.2. The molecule has 0 spiro atoms. The fourth-order valence-corrected chi connectivity index (χ4v) is 8.96. The predicted octanol–water partition coefficient (Wildman–Crippen LogP) is 6.26. The molecule has 0 fully saturated rings. The third-order valence-corrected chi connectivity index (χ3v) is 9.31. The molecule has 3 aromatic rings. The molecule has 0 heterocycles. The molecule has 164 valence electrons. The Labute approximate surface area is 192 Å². The number of aryl methyl sites for hydroxylation is 5. The Morgan fingerprint density at radius 1 is 0.710 bits per heavy atom. The van der Waals surface area contributed by atoms with Gasteiger partial charge in [-0.2, -0.15) is 4.08 Å². The fourth-order valence-electron chi connectivity index (χ4n) is 3.86. The van der Waals surface area contributed by atoms with E-state index in [4.69, 9.17) is 0 Å². The van der Waals surface area contributed by atoms with Crippen LogP contribution in [0.5, 0.6) is 0 Å². The van der Waals surface area contributed by atoms with Crippen LogP contribution in [0.25, 0.3) is 0 Å². The van der Waals surface area contributed by atoms with Gasteiger partial charge >= 0.3 is 0 Å². The number of hydrogen-bond donors (Lipinski definition) is 0. The maximum atomic E-state index is 14.0. The van der Waals surface area contributed by atoms with Crippen molar-refractivity contribution in [2.75, 3.05) is 6.54 Å². The Bertz CT molecular complexity index is 983. The van der Waals surface area contributed by atoms with E-state index < -0.39 is 19.1 Å². The first-order valence-corrected chi connectivity index (χ1v) is 13.3. The lowest BCUT2D eigenvalue weighted by atomic mass is 10.2. The molecule has 1 unspecified atom stereocenters. The van der Waals surface area contributed by atoms with Gasteiger partial charge in [-0.15, -0.1) is 0 Å². The van der Waals surface area contributed by atoms with Crippen LogP contribution in [0.4, 0.5) is 0 Å². The average molecular weight is 452 g/mol. The first-order chi connectivity index (χ1) is 14.6. The lowest BCUT2D eigenvalue weighted by molar-refractivity contribution is 0.527. The van der Waals surface area contributed by atoms with E-state index in [2.05, 4.69) is 101 Å². The van der Waals surface area contributed by atoms with Crippen LogP contribution in [0.3, 0.4) is 0 Å². The third-order valence-electron chi connectivity index (χ3n) is 5.06. The van der Waals surface area contributed by atoms with E-state index in [1.165, 1.54) is 38.4 Å². The summed E-state index contributed by atoms with van der Waals surface area (Å²) in [5.41, 5.74) is 6.17.